The molecule has 2 aliphatic carbocycles. The van der Waals surface area contributed by atoms with Gasteiger partial charge in [0, 0.05) is 0 Å². The zero-order valence-corrected chi connectivity index (χ0v) is 6.47. The van der Waals surface area contributed by atoms with E-state index >= 15 is 0 Å². The van der Waals surface area contributed by atoms with Crippen molar-refractivity contribution in [1.29, 1.82) is 0 Å². The molecule has 0 bridgehead atoms. The van der Waals surface area contributed by atoms with E-state index in [1.807, 2.05) is 0 Å². The van der Waals surface area contributed by atoms with E-state index in [0.29, 0.717) is 5.92 Å². The summed E-state index contributed by atoms with van der Waals surface area (Å²) < 4.78 is 0. The van der Waals surface area contributed by atoms with Crippen molar-refractivity contribution in [3.63, 3.8) is 0 Å². The average Bonchev–Trinajstić information content (AvgIpc) is 2.29. The topological polar surface area (TPSA) is 20.2 Å². The Morgan fingerprint density at radius 1 is 1.00 bits per heavy atom. The fourth-order valence-electron chi connectivity index (χ4n) is 2.69. The number of hydrogen-bond acceptors (Lipinski definition) is 1. The van der Waals surface area contributed by atoms with Crippen molar-refractivity contribution in [1.82, 2.24) is 0 Å². The summed E-state index contributed by atoms with van der Waals surface area (Å²) in [6.45, 7) is 0. The smallest absolute Gasteiger partial charge is 0.0675 e. The first-order valence-corrected chi connectivity index (χ1v) is 4.54. The summed E-state index contributed by atoms with van der Waals surface area (Å²) >= 11 is 0. The van der Waals surface area contributed by atoms with E-state index < -0.39 is 0 Å². The first-order valence-electron chi connectivity index (χ1n) is 4.54. The third kappa shape index (κ3) is 0.878. The fourth-order valence-corrected chi connectivity index (χ4v) is 2.69. The highest BCUT2D eigenvalue weighted by Crippen LogP contribution is 2.45. The van der Waals surface area contributed by atoms with E-state index in [1.54, 1.807) is 0 Å². The molecule has 1 heteroatoms. The Kier molecular flexibility index (Phi) is 1.48. The second-order valence-electron chi connectivity index (χ2n) is 3.94. The van der Waals surface area contributed by atoms with E-state index in [1.165, 1.54) is 32.1 Å². The lowest BCUT2D eigenvalue weighted by molar-refractivity contribution is -0.0269. The molecule has 2 saturated carbocycles. The summed E-state index contributed by atoms with van der Waals surface area (Å²) in [7, 11) is 0. The summed E-state index contributed by atoms with van der Waals surface area (Å²) in [5.74, 6) is 0.668. The lowest BCUT2D eigenvalue weighted by Crippen LogP contribution is -2.35. The van der Waals surface area contributed by atoms with Gasteiger partial charge in [0.2, 0.25) is 0 Å². The second-order valence-corrected chi connectivity index (χ2v) is 3.94. The highest BCUT2D eigenvalue weighted by Gasteiger charge is 2.41. The minimum Gasteiger partial charge on any atom is -0.390 e. The van der Waals surface area contributed by atoms with Gasteiger partial charge in [0.1, 0.15) is 0 Å². The van der Waals surface area contributed by atoms with Crippen LogP contribution in [0.25, 0.3) is 0 Å². The maximum atomic E-state index is 10.0. The summed E-state index contributed by atoms with van der Waals surface area (Å²) in [5.41, 5.74) is -0.210. The maximum absolute atomic E-state index is 10.0. The van der Waals surface area contributed by atoms with E-state index in [4.69, 9.17) is 0 Å². The molecule has 0 unspecified atom stereocenters. The Labute approximate surface area is 62.4 Å². The van der Waals surface area contributed by atoms with Crippen LogP contribution >= 0.6 is 0 Å². The van der Waals surface area contributed by atoms with Gasteiger partial charge in [-0.3, -0.25) is 0 Å². The molecule has 0 heterocycles. The molecule has 2 rings (SSSR count). The highest BCUT2D eigenvalue weighted by molar-refractivity contribution is 4.94. The van der Waals surface area contributed by atoms with Crippen LogP contribution < -0.4 is 0 Å². The van der Waals surface area contributed by atoms with Crippen molar-refractivity contribution in [2.24, 2.45) is 5.92 Å². The van der Waals surface area contributed by atoms with E-state index in [2.05, 4.69) is 0 Å². The molecule has 2 fully saturated rings. The molecule has 0 amide bonds. The Bertz CT molecular complexity index is 133. The summed E-state index contributed by atoms with van der Waals surface area (Å²) in [6, 6.07) is 0. The first-order chi connectivity index (χ1) is 4.81. The van der Waals surface area contributed by atoms with Gasteiger partial charge in [-0.05, 0) is 31.6 Å². The molecule has 0 spiro atoms. The highest BCUT2D eigenvalue weighted by atomic mass is 16.3. The molecule has 0 aromatic heterocycles. The molecule has 10 heavy (non-hydrogen) atoms. The minimum absolute atomic E-state index is 0.210. The lowest BCUT2D eigenvalue weighted by Gasteiger charge is -2.34. The monoisotopic (exact) mass is 140 g/mol. The first kappa shape index (κ1) is 6.66. The van der Waals surface area contributed by atoms with Gasteiger partial charge in [-0.1, -0.05) is 19.3 Å². The minimum atomic E-state index is -0.210. The average molecular weight is 140 g/mol. The molecule has 2 aliphatic rings. The van der Waals surface area contributed by atoms with E-state index in [0.717, 1.165) is 12.8 Å². The predicted molar refractivity (Wildman–Crippen MR) is 40.8 cm³/mol. The standard InChI is InChI=1S/C9H16O/c10-9-6-2-1-4-8(9)5-3-7-9/h8,10H,1-7H2/t8-,9-/m1/s1. The van der Waals surface area contributed by atoms with E-state index in [-0.39, 0.29) is 5.60 Å². The number of fused-ring (bicyclic) bond motifs is 1. The van der Waals surface area contributed by atoms with Gasteiger partial charge in [-0.2, -0.15) is 0 Å². The largest absolute Gasteiger partial charge is 0.390 e. The van der Waals surface area contributed by atoms with Gasteiger partial charge < -0.3 is 5.11 Å². The Morgan fingerprint density at radius 3 is 2.50 bits per heavy atom. The molecule has 0 aromatic carbocycles. The summed E-state index contributed by atoms with van der Waals surface area (Å²) in [4.78, 5) is 0. The molecule has 1 nitrogen and oxygen atoms in total. The van der Waals surface area contributed by atoms with Crippen molar-refractivity contribution in [3.8, 4) is 0 Å². The number of rotatable bonds is 0. The van der Waals surface area contributed by atoms with Gasteiger partial charge in [0.15, 0.2) is 0 Å². The third-order valence-electron chi connectivity index (χ3n) is 3.33. The Balaban J connectivity index is 2.10. The quantitative estimate of drug-likeness (QED) is 0.546. The fraction of sp³-hybridized carbons (Fsp3) is 1.00. The molecule has 58 valence electrons. The van der Waals surface area contributed by atoms with Crippen LogP contribution in [0.15, 0.2) is 0 Å². The zero-order chi connectivity index (χ0) is 7.03. The molecular formula is C9H16O. The van der Waals surface area contributed by atoms with Crippen molar-refractivity contribution in [2.45, 2.75) is 50.5 Å². The Hall–Kier alpha value is -0.0400. The van der Waals surface area contributed by atoms with Gasteiger partial charge >= 0.3 is 0 Å². The molecule has 0 saturated heterocycles. The normalized spacial score (nSPS) is 47.1. The van der Waals surface area contributed by atoms with Crippen molar-refractivity contribution >= 4 is 0 Å². The van der Waals surface area contributed by atoms with Crippen LogP contribution in [0.5, 0.6) is 0 Å². The van der Waals surface area contributed by atoms with Crippen LogP contribution in [-0.2, 0) is 0 Å². The Morgan fingerprint density at radius 2 is 1.70 bits per heavy atom. The van der Waals surface area contributed by atoms with Crippen LogP contribution in [0.2, 0.25) is 0 Å². The van der Waals surface area contributed by atoms with Crippen LogP contribution in [0.3, 0.4) is 0 Å². The van der Waals surface area contributed by atoms with Crippen LogP contribution in [0.1, 0.15) is 44.9 Å². The van der Waals surface area contributed by atoms with Gasteiger partial charge in [-0.15, -0.1) is 0 Å². The van der Waals surface area contributed by atoms with Crippen molar-refractivity contribution in [3.05, 3.63) is 0 Å². The molecule has 1 N–H and O–H groups in total. The van der Waals surface area contributed by atoms with Crippen molar-refractivity contribution in [2.75, 3.05) is 0 Å². The SMILES string of the molecule is O[C@@]12CCCC[C@@H]1CCC2. The zero-order valence-electron chi connectivity index (χ0n) is 6.47. The van der Waals surface area contributed by atoms with Gasteiger partial charge in [0.05, 0.1) is 5.60 Å². The second kappa shape index (κ2) is 2.23. The van der Waals surface area contributed by atoms with Gasteiger partial charge in [-0.25, -0.2) is 0 Å². The van der Waals surface area contributed by atoms with Crippen LogP contribution in [-0.4, -0.2) is 10.7 Å². The summed E-state index contributed by atoms with van der Waals surface area (Å²) in [6.07, 6.45) is 8.61. The van der Waals surface area contributed by atoms with Crippen molar-refractivity contribution < 1.29 is 5.11 Å². The molecule has 0 radical (unpaired) electrons. The van der Waals surface area contributed by atoms with Crippen LogP contribution in [0.4, 0.5) is 0 Å². The van der Waals surface area contributed by atoms with Crippen LogP contribution in [0, 0.1) is 5.92 Å². The summed E-state index contributed by atoms with van der Waals surface area (Å²) in [5, 5.41) is 10.0. The molecular weight excluding hydrogens is 124 g/mol. The predicted octanol–water partition coefficient (Wildman–Crippen LogP) is 2.09. The lowest BCUT2D eigenvalue weighted by atomic mass is 9.78. The maximum Gasteiger partial charge on any atom is 0.0675 e. The van der Waals surface area contributed by atoms with Gasteiger partial charge in [0.25, 0.3) is 0 Å². The third-order valence-corrected chi connectivity index (χ3v) is 3.33. The number of aliphatic hydroxyl groups is 1. The van der Waals surface area contributed by atoms with E-state index in [9.17, 15) is 5.11 Å². The molecule has 0 aliphatic heterocycles. The number of hydrogen-bond donors (Lipinski definition) is 1. The molecule has 2 atom stereocenters. The molecule has 0 aromatic rings.